The molecule has 254 valence electrons. The van der Waals surface area contributed by atoms with Gasteiger partial charge in [-0.3, -0.25) is 10.0 Å². The number of benzene rings is 4. The summed E-state index contributed by atoms with van der Waals surface area (Å²) in [5, 5.41) is 7.58. The molecule has 0 fully saturated rings. The molecule has 0 radical (unpaired) electrons. The molecular weight excluding hydrogens is 600 g/mol. The van der Waals surface area contributed by atoms with Crippen LogP contribution in [0.3, 0.4) is 0 Å². The van der Waals surface area contributed by atoms with Gasteiger partial charge in [0.15, 0.2) is 0 Å². The summed E-state index contributed by atoms with van der Waals surface area (Å²) in [6.07, 6.45) is 4.94. The number of aliphatic imine (C=N–C) groups is 1. The lowest BCUT2D eigenvalue weighted by atomic mass is 10.0. The lowest BCUT2D eigenvalue weighted by molar-refractivity contribution is 0.313. The van der Waals surface area contributed by atoms with Gasteiger partial charge in [-0.15, -0.1) is 0 Å². The number of hydrogen-bond acceptors (Lipinski definition) is 10. The number of hydrazine groups is 1. The molecule has 0 amide bonds. The van der Waals surface area contributed by atoms with E-state index in [0.29, 0.717) is 49.5 Å². The van der Waals surface area contributed by atoms with Gasteiger partial charge in [0.1, 0.15) is 17.2 Å². The normalized spacial score (nSPS) is 12.4. The maximum Gasteiger partial charge on any atom is 0.121 e. The van der Waals surface area contributed by atoms with Crippen LogP contribution >= 0.6 is 0 Å². The van der Waals surface area contributed by atoms with Gasteiger partial charge in [-0.25, -0.2) is 5.84 Å². The summed E-state index contributed by atoms with van der Waals surface area (Å²) >= 11 is 0. The Kier molecular flexibility index (Phi) is 13.0. The van der Waals surface area contributed by atoms with E-state index in [1.165, 1.54) is 5.01 Å². The molecule has 10 N–H and O–H groups in total. The third-order valence-corrected chi connectivity index (χ3v) is 7.92. The van der Waals surface area contributed by atoms with E-state index in [2.05, 4.69) is 32.8 Å². The Bertz CT molecular complexity index is 1760. The Hall–Kier alpha value is -4.90. The van der Waals surface area contributed by atoms with Crippen LogP contribution in [-0.4, -0.2) is 38.2 Å². The van der Waals surface area contributed by atoms with Crippen LogP contribution in [0, 0.1) is 0 Å². The number of hydrazone groups is 1. The molecule has 4 rings (SSSR count). The minimum atomic E-state index is 0.293. The first kappa shape index (κ1) is 35.9. The van der Waals surface area contributed by atoms with Crippen molar-refractivity contribution >= 4 is 39.8 Å². The Morgan fingerprint density at radius 1 is 0.750 bits per heavy atom. The minimum absolute atomic E-state index is 0.293. The molecule has 0 saturated carbocycles. The van der Waals surface area contributed by atoms with Crippen LogP contribution in [0.4, 0.5) is 11.4 Å². The molecule has 10 nitrogen and oxygen atoms in total. The number of rotatable bonds is 16. The highest BCUT2D eigenvalue weighted by atomic mass is 16.5. The van der Waals surface area contributed by atoms with E-state index in [9.17, 15) is 0 Å². The van der Waals surface area contributed by atoms with Crippen molar-refractivity contribution in [1.82, 2.24) is 0 Å². The fraction of sp³-hybridized carbons (Fsp3) is 0.316. The molecule has 0 aliphatic rings. The predicted molar refractivity (Wildman–Crippen MR) is 201 cm³/mol. The Balaban J connectivity index is 1.58. The van der Waals surface area contributed by atoms with Gasteiger partial charge >= 0.3 is 0 Å². The van der Waals surface area contributed by atoms with Crippen LogP contribution in [0.1, 0.15) is 74.6 Å². The van der Waals surface area contributed by atoms with Gasteiger partial charge in [0.2, 0.25) is 0 Å². The molecule has 0 atom stereocenters. The van der Waals surface area contributed by atoms with Crippen molar-refractivity contribution in [1.29, 1.82) is 0 Å². The van der Waals surface area contributed by atoms with Crippen molar-refractivity contribution < 1.29 is 9.47 Å². The number of ether oxygens (including phenoxy) is 2. The minimum Gasteiger partial charge on any atom is -0.493 e. The zero-order valence-corrected chi connectivity index (χ0v) is 28.5. The quantitative estimate of drug-likeness (QED) is 0.0409. The molecule has 0 spiro atoms. The number of nitrogens with two attached hydrogens (primary N) is 5. The second-order valence-corrected chi connectivity index (χ2v) is 12.4. The molecule has 48 heavy (non-hydrogen) atoms. The van der Waals surface area contributed by atoms with Crippen LogP contribution in [-0.2, 0) is 0 Å². The number of anilines is 1. The van der Waals surface area contributed by atoms with Crippen molar-refractivity contribution in [2.24, 2.45) is 39.0 Å². The fourth-order valence-electron chi connectivity index (χ4n) is 5.02. The second kappa shape index (κ2) is 17.3. The molecule has 0 bridgehead atoms. The molecule has 0 aliphatic heterocycles. The summed E-state index contributed by atoms with van der Waals surface area (Å²) in [6, 6.07) is 24.0. The molecule has 0 saturated heterocycles. The maximum atomic E-state index is 6.59. The molecule has 0 unspecified atom stereocenters. The Morgan fingerprint density at radius 2 is 1.33 bits per heavy atom. The van der Waals surface area contributed by atoms with Crippen LogP contribution in [0.15, 0.2) is 89.1 Å². The molecule has 4 aromatic rings. The van der Waals surface area contributed by atoms with Gasteiger partial charge in [-0.2, -0.15) is 5.10 Å². The van der Waals surface area contributed by atoms with Crippen molar-refractivity contribution in [2.45, 2.75) is 52.4 Å². The largest absolute Gasteiger partial charge is 0.493 e. The maximum absolute atomic E-state index is 6.59. The monoisotopic (exact) mass is 650 g/mol. The average molecular weight is 651 g/mol. The van der Waals surface area contributed by atoms with E-state index >= 15 is 0 Å². The highest BCUT2D eigenvalue weighted by Crippen LogP contribution is 2.30. The van der Waals surface area contributed by atoms with E-state index in [-0.39, 0.29) is 0 Å². The van der Waals surface area contributed by atoms with E-state index in [1.54, 1.807) is 12.4 Å². The molecule has 10 heteroatoms. The van der Waals surface area contributed by atoms with Gasteiger partial charge in [-0.1, -0.05) is 52.0 Å². The van der Waals surface area contributed by atoms with Crippen molar-refractivity contribution in [2.75, 3.05) is 31.3 Å². The fourth-order valence-corrected chi connectivity index (χ4v) is 5.02. The first-order valence-corrected chi connectivity index (χ1v) is 16.4. The van der Waals surface area contributed by atoms with Crippen molar-refractivity contribution in [3.05, 3.63) is 101 Å². The summed E-state index contributed by atoms with van der Waals surface area (Å²) in [6.45, 7) is 10.8. The Labute approximate surface area is 284 Å². The van der Waals surface area contributed by atoms with Gasteiger partial charge in [0.25, 0.3) is 0 Å². The average Bonchev–Trinajstić information content (AvgIpc) is 3.08. The second-order valence-electron chi connectivity index (χ2n) is 12.4. The first-order chi connectivity index (χ1) is 23.1. The standard InChI is InChI=1S/C38H50N8O2/c1-25(2)30-17-33(21-35(19-30)47-13-5-11-39)44-23-38(45-42)29-10-8-27-7-9-28(15-32(27)16-29)37(41)24-46(43)34-18-31(26(3)4)20-36(22-34)48-14-6-12-40/h7-10,15-26H,5-6,11-14,39-43H2,1-4H3/b37-24-,44-23?,45-38+. The van der Waals surface area contributed by atoms with Crippen molar-refractivity contribution in [3.63, 3.8) is 0 Å². The predicted octanol–water partition coefficient (Wildman–Crippen LogP) is 6.24. The lowest BCUT2D eigenvalue weighted by Gasteiger charge is -2.19. The van der Waals surface area contributed by atoms with Gasteiger partial charge in [0, 0.05) is 23.9 Å². The summed E-state index contributed by atoms with van der Waals surface area (Å²) in [5.74, 6) is 14.5. The molecule has 0 aliphatic carbocycles. The zero-order valence-electron chi connectivity index (χ0n) is 28.5. The highest BCUT2D eigenvalue weighted by molar-refractivity contribution is 6.38. The summed E-state index contributed by atoms with van der Waals surface area (Å²) in [4.78, 5) is 4.71. The zero-order chi connectivity index (χ0) is 34.6. The molecule has 4 aromatic carbocycles. The highest BCUT2D eigenvalue weighted by Gasteiger charge is 2.11. The van der Waals surface area contributed by atoms with Crippen LogP contribution in [0.5, 0.6) is 11.5 Å². The van der Waals surface area contributed by atoms with Crippen LogP contribution in [0.25, 0.3) is 16.5 Å². The third kappa shape index (κ3) is 9.80. The smallest absolute Gasteiger partial charge is 0.121 e. The van der Waals surface area contributed by atoms with E-state index < -0.39 is 0 Å². The Morgan fingerprint density at radius 3 is 1.94 bits per heavy atom. The summed E-state index contributed by atoms with van der Waals surface area (Å²) in [7, 11) is 0. The lowest BCUT2D eigenvalue weighted by Crippen LogP contribution is -2.26. The molecule has 0 aromatic heterocycles. The van der Waals surface area contributed by atoms with Gasteiger partial charge in [-0.05, 0) is 102 Å². The van der Waals surface area contributed by atoms with E-state index in [4.69, 9.17) is 43.4 Å². The van der Waals surface area contributed by atoms with E-state index in [1.807, 2.05) is 72.8 Å². The summed E-state index contributed by atoms with van der Waals surface area (Å²) in [5.41, 5.74) is 24.3. The first-order valence-electron chi connectivity index (χ1n) is 16.4. The van der Waals surface area contributed by atoms with Crippen LogP contribution < -0.4 is 43.4 Å². The molecular formula is C38H50N8O2. The SMILES string of the molecule is CC(C)c1cc(N=C/C(=N\N)c2ccc3ccc(/C(N)=C/N(N)c4cc(OCCCN)cc(C(C)C)c4)cc3c2)cc(OCCCN)c1. The third-order valence-electron chi connectivity index (χ3n) is 7.92. The molecule has 0 heterocycles. The number of nitrogens with zero attached hydrogens (tertiary/aromatic N) is 3. The van der Waals surface area contributed by atoms with E-state index in [0.717, 1.165) is 68.7 Å². The topological polar surface area (TPSA) is 177 Å². The number of hydrogen-bond donors (Lipinski definition) is 5. The summed E-state index contributed by atoms with van der Waals surface area (Å²) < 4.78 is 11.9. The van der Waals surface area contributed by atoms with Gasteiger partial charge in [0.05, 0.1) is 36.5 Å². The van der Waals surface area contributed by atoms with Crippen LogP contribution in [0.2, 0.25) is 0 Å². The number of fused-ring (bicyclic) bond motifs is 1. The van der Waals surface area contributed by atoms with Crippen molar-refractivity contribution in [3.8, 4) is 11.5 Å². The van der Waals surface area contributed by atoms with Gasteiger partial charge < -0.3 is 32.5 Å².